The molecule has 0 aliphatic rings. The number of halogens is 1. The van der Waals surface area contributed by atoms with Crippen molar-refractivity contribution >= 4 is 159 Å². The van der Waals surface area contributed by atoms with E-state index in [1.165, 1.54) is 5.39 Å². The molecule has 2 N–H and O–H groups in total. The van der Waals surface area contributed by atoms with Crippen molar-refractivity contribution < 1.29 is 40.8 Å². The summed E-state index contributed by atoms with van der Waals surface area (Å²) in [5.74, 6) is 0. The van der Waals surface area contributed by atoms with Crippen LogP contribution in [0.3, 0.4) is 0 Å². The van der Waals surface area contributed by atoms with Crippen LogP contribution < -0.4 is 5.46 Å². The molecule has 0 saturated carbocycles. The van der Waals surface area contributed by atoms with Crippen molar-refractivity contribution in [2.24, 2.45) is 0 Å². The van der Waals surface area contributed by atoms with Gasteiger partial charge in [-0.3, -0.25) is 0 Å². The predicted molar refractivity (Wildman–Crippen MR) is 419 cm³/mol. The van der Waals surface area contributed by atoms with Crippen molar-refractivity contribution in [3.05, 3.63) is 344 Å². The molecular formula is C92H58BBrO4. The predicted octanol–water partition coefficient (Wildman–Crippen LogP) is 24.9. The molecule has 0 bridgehead atoms. The van der Waals surface area contributed by atoms with E-state index in [2.05, 4.69) is 82.7 Å². The van der Waals surface area contributed by atoms with Gasteiger partial charge in [0.15, 0.2) is 0 Å². The molecule has 0 saturated heterocycles. The van der Waals surface area contributed by atoms with Crippen molar-refractivity contribution in [3.63, 3.8) is 0 Å². The summed E-state index contributed by atoms with van der Waals surface area (Å²) in [5.41, 5.74) is 10.4. The zero-order valence-corrected chi connectivity index (χ0v) is 53.3. The summed E-state index contributed by atoms with van der Waals surface area (Å²) in [6, 6.07) is 72.8. The number of hydrogen-bond acceptors (Lipinski definition) is 4. The summed E-state index contributed by atoms with van der Waals surface area (Å²) >= 11 is 3.43. The maximum absolute atomic E-state index is 9.29. The van der Waals surface area contributed by atoms with Crippen LogP contribution in [0.15, 0.2) is 353 Å². The highest BCUT2D eigenvalue weighted by Gasteiger charge is 2.21. The Morgan fingerprint density at radius 1 is 0.255 bits per heavy atom. The van der Waals surface area contributed by atoms with Gasteiger partial charge in [-0.1, -0.05) is 291 Å². The van der Waals surface area contributed by atoms with Gasteiger partial charge in [0.05, 0.1) is 21.9 Å². The summed E-state index contributed by atoms with van der Waals surface area (Å²) < 4.78 is 152. The molecule has 98 heavy (non-hydrogen) atoms. The topological polar surface area (TPSA) is 66.7 Å². The Hall–Kier alpha value is -11.9. The lowest BCUT2D eigenvalue weighted by atomic mass is 9.80. The highest BCUT2D eigenvalue weighted by molar-refractivity contribution is 9.10. The second-order valence-corrected chi connectivity index (χ2v) is 24.9. The van der Waals surface area contributed by atoms with Crippen LogP contribution in [0.4, 0.5) is 0 Å². The average Bonchev–Trinajstić information content (AvgIpc) is 0.868. The normalized spacial score (nSPS) is 13.9. The standard InChI is InChI=1S/C46H28O.C24H15Br.C22H15BO3/c1-2-12-33-27-44-42(26-32(33)11-1)36-25-24-34(28-43(36)47-44)29-20-22-31(23-21-29)45-38-15-5-7-17-40(38)46(41-18-8-6-16-39(41)45)37-19-9-13-30-10-3-4-14-35(30)37;25-24-21-13-5-3-11-19(21)23(20-12-4-6-14-22(20)24)18-15-7-9-16-8-1-2-10-17(16)18;24-23(25)18-8-5-14(6-9-18)17-7-10-19-20-11-15-3-1-2-4-16(15)12-22(20)26-21(19)13-17/h1-28H;1-15H;1-13,24-25H/i5D,6D,7D,8D,15D,16D,17D,18D;3D,4D,5D,6D,11D,12D,13D,14D;. The second-order valence-electron chi connectivity index (χ2n) is 24.1. The van der Waals surface area contributed by atoms with E-state index in [0.717, 1.165) is 104 Å². The molecule has 0 fully saturated rings. The van der Waals surface area contributed by atoms with E-state index in [-0.39, 0.29) is 95.9 Å². The van der Waals surface area contributed by atoms with Crippen LogP contribution in [-0.2, 0) is 0 Å². The van der Waals surface area contributed by atoms with Crippen molar-refractivity contribution in [1.29, 1.82) is 0 Å². The van der Waals surface area contributed by atoms with Crippen LogP contribution in [0.5, 0.6) is 0 Å². The first-order chi connectivity index (χ1) is 55.0. The summed E-state index contributed by atoms with van der Waals surface area (Å²) in [5, 5.41) is 32.3. The Morgan fingerprint density at radius 2 is 0.571 bits per heavy atom. The van der Waals surface area contributed by atoms with Gasteiger partial charge < -0.3 is 18.9 Å². The molecule has 4 nitrogen and oxygen atoms in total. The molecule has 20 aromatic rings. The number of hydrogen-bond donors (Lipinski definition) is 2. The fraction of sp³-hybridized carbons (Fsp3) is 0. The van der Waals surface area contributed by atoms with Gasteiger partial charge in [-0.15, -0.1) is 0 Å². The molecule has 0 radical (unpaired) electrons. The number of benzene rings is 18. The quantitative estimate of drug-likeness (QED) is 0.129. The number of furan rings is 2. The maximum Gasteiger partial charge on any atom is 0.488 e. The zero-order valence-electron chi connectivity index (χ0n) is 67.8. The molecule has 20 rings (SSSR count). The van der Waals surface area contributed by atoms with E-state index >= 15 is 0 Å². The Labute approximate surface area is 595 Å². The van der Waals surface area contributed by atoms with E-state index in [9.17, 15) is 15.5 Å². The van der Waals surface area contributed by atoms with Gasteiger partial charge in [0, 0.05) is 26.0 Å². The molecule has 0 spiro atoms. The lowest BCUT2D eigenvalue weighted by Gasteiger charge is -2.19. The molecule has 0 aliphatic heterocycles. The van der Waals surface area contributed by atoms with Gasteiger partial charge in [-0.25, -0.2) is 0 Å². The highest BCUT2D eigenvalue weighted by atomic mass is 79.9. The summed E-state index contributed by atoms with van der Waals surface area (Å²) in [6.45, 7) is 0. The molecule has 0 aliphatic carbocycles. The van der Waals surface area contributed by atoms with E-state index in [1.807, 2.05) is 164 Å². The third kappa shape index (κ3) is 10.2. The van der Waals surface area contributed by atoms with Gasteiger partial charge >= 0.3 is 7.12 Å². The molecule has 6 heteroatoms. The number of fused-ring (bicyclic) bond motifs is 14. The van der Waals surface area contributed by atoms with Crippen LogP contribution in [0.2, 0.25) is 0 Å². The molecule has 0 amide bonds. The van der Waals surface area contributed by atoms with Crippen LogP contribution in [0, 0.1) is 0 Å². The van der Waals surface area contributed by atoms with Gasteiger partial charge in [-0.2, -0.15) is 0 Å². The molecular weight excluding hydrogens is 1260 g/mol. The zero-order chi connectivity index (χ0) is 79.3. The third-order valence-electron chi connectivity index (χ3n) is 18.5. The number of rotatable bonds is 6. The lowest BCUT2D eigenvalue weighted by molar-refractivity contribution is 0.426. The van der Waals surface area contributed by atoms with Crippen molar-refractivity contribution in [1.82, 2.24) is 0 Å². The molecule has 460 valence electrons. The van der Waals surface area contributed by atoms with Crippen LogP contribution in [0.1, 0.15) is 21.9 Å². The smallest absolute Gasteiger partial charge is 0.456 e. The average molecular weight is 1330 g/mol. The highest BCUT2D eigenvalue weighted by Crippen LogP contribution is 2.47. The first-order valence-electron chi connectivity index (χ1n) is 39.8. The van der Waals surface area contributed by atoms with Crippen LogP contribution in [-0.4, -0.2) is 17.2 Å². The SMILES string of the molecule is OB(O)c1ccc(-c2ccc3c(c2)oc2cc4ccccc4cc23)cc1.[2H]c1c([2H])c([2H])c2c(-c3cccc4ccccc34)c3c([2H])c([2H])c([2H])c([2H])c3c(-c3ccc(-c4ccc5c(c4)oc4cc6ccccc6cc45)cc3)c2c1[2H].[2H]c1c([2H])c([2H])c2c(-c3cccc4ccccc34)c3c([2H])c([2H])c([2H])c([2H])c3c(Br)c2c1[2H]. The molecule has 0 unspecified atom stereocenters. The fourth-order valence-corrected chi connectivity index (χ4v) is 14.5. The Bertz CT molecular complexity index is 7390. The summed E-state index contributed by atoms with van der Waals surface area (Å²) in [7, 11) is -1.45. The minimum Gasteiger partial charge on any atom is -0.456 e. The van der Waals surface area contributed by atoms with Gasteiger partial charge in [0.2, 0.25) is 0 Å². The van der Waals surface area contributed by atoms with Crippen LogP contribution in [0.25, 0.3) is 186 Å². The Balaban J connectivity index is 0.000000130. The summed E-state index contributed by atoms with van der Waals surface area (Å²) in [6.07, 6.45) is 0. The maximum atomic E-state index is 9.29. The van der Waals surface area contributed by atoms with Crippen molar-refractivity contribution in [2.45, 2.75) is 0 Å². The molecule has 18 aromatic carbocycles. The fourth-order valence-electron chi connectivity index (χ4n) is 13.9. The Kier molecular flexibility index (Phi) is 10.9. The van der Waals surface area contributed by atoms with Gasteiger partial charge in [0.1, 0.15) is 22.3 Å². The first kappa shape index (κ1) is 44.0. The van der Waals surface area contributed by atoms with E-state index in [4.69, 9.17) is 25.3 Å². The monoisotopic (exact) mass is 1330 g/mol. The summed E-state index contributed by atoms with van der Waals surface area (Å²) in [4.78, 5) is 0. The third-order valence-corrected chi connectivity index (χ3v) is 19.3. The van der Waals surface area contributed by atoms with E-state index < -0.39 is 55.5 Å². The molecule has 2 heterocycles. The Morgan fingerprint density at radius 3 is 0.990 bits per heavy atom. The first-order valence-corrected chi connectivity index (χ1v) is 32.6. The minimum absolute atomic E-state index is 0.182. The van der Waals surface area contributed by atoms with Crippen molar-refractivity contribution in [3.8, 4) is 55.6 Å². The van der Waals surface area contributed by atoms with Gasteiger partial charge in [0.25, 0.3) is 0 Å². The lowest BCUT2D eigenvalue weighted by Crippen LogP contribution is -2.29. The van der Waals surface area contributed by atoms with Crippen molar-refractivity contribution in [2.75, 3.05) is 0 Å². The second kappa shape index (κ2) is 24.4. The molecule has 0 atom stereocenters. The van der Waals surface area contributed by atoms with E-state index in [0.29, 0.717) is 38.8 Å². The minimum atomic E-state index is -1.45. The van der Waals surface area contributed by atoms with Crippen LogP contribution >= 0.6 is 15.9 Å². The largest absolute Gasteiger partial charge is 0.488 e. The van der Waals surface area contributed by atoms with Gasteiger partial charge in [-0.05, 0) is 212 Å². The van der Waals surface area contributed by atoms with E-state index in [1.54, 1.807) is 12.1 Å². The molecule has 2 aromatic heterocycles.